The van der Waals surface area contributed by atoms with Gasteiger partial charge in [0.1, 0.15) is 5.75 Å². The standard InChI is InChI=1S/C20H16F3N3O2/c1-13(25-19(27)15-6-4-10-24-12-15)17-8-3-9-18(26-17)14-5-2-7-16(11-14)28-20(21,22)23/h2-13H,1H3,(H,25,27). The van der Waals surface area contributed by atoms with Gasteiger partial charge in [-0.2, -0.15) is 0 Å². The van der Waals surface area contributed by atoms with Gasteiger partial charge in [-0.1, -0.05) is 18.2 Å². The SMILES string of the molecule is CC(NC(=O)c1cccnc1)c1cccc(-c2cccc(OC(F)(F)F)c2)n1. The van der Waals surface area contributed by atoms with Crippen molar-refractivity contribution in [3.63, 3.8) is 0 Å². The Morgan fingerprint density at radius 2 is 1.89 bits per heavy atom. The second-order valence-corrected chi connectivity index (χ2v) is 5.96. The molecule has 0 saturated heterocycles. The summed E-state index contributed by atoms with van der Waals surface area (Å²) in [5, 5.41) is 2.82. The lowest BCUT2D eigenvalue weighted by atomic mass is 10.1. The Kier molecular flexibility index (Phi) is 5.58. The maximum atomic E-state index is 12.4. The molecule has 0 saturated carbocycles. The van der Waals surface area contributed by atoms with Crippen molar-refractivity contribution in [2.24, 2.45) is 0 Å². The number of hydrogen-bond donors (Lipinski definition) is 1. The number of amides is 1. The van der Waals surface area contributed by atoms with Gasteiger partial charge >= 0.3 is 6.36 Å². The van der Waals surface area contributed by atoms with Gasteiger partial charge in [-0.05, 0) is 43.3 Å². The Morgan fingerprint density at radius 3 is 2.61 bits per heavy atom. The second kappa shape index (κ2) is 8.08. The molecule has 0 fully saturated rings. The Balaban J connectivity index is 1.79. The van der Waals surface area contributed by atoms with E-state index in [0.717, 1.165) is 0 Å². The van der Waals surface area contributed by atoms with Crippen molar-refractivity contribution in [1.82, 2.24) is 15.3 Å². The molecule has 8 heteroatoms. The summed E-state index contributed by atoms with van der Waals surface area (Å²) in [4.78, 5) is 20.6. The van der Waals surface area contributed by atoms with E-state index in [4.69, 9.17) is 0 Å². The van der Waals surface area contributed by atoms with E-state index >= 15 is 0 Å². The first-order valence-electron chi connectivity index (χ1n) is 8.36. The Bertz CT molecular complexity index is 962. The first-order valence-corrected chi connectivity index (χ1v) is 8.36. The molecule has 2 heterocycles. The van der Waals surface area contributed by atoms with Crippen LogP contribution in [0.15, 0.2) is 67.0 Å². The number of hydrogen-bond acceptors (Lipinski definition) is 4. The normalized spacial score (nSPS) is 12.3. The third-order valence-corrected chi connectivity index (χ3v) is 3.85. The second-order valence-electron chi connectivity index (χ2n) is 5.96. The van der Waals surface area contributed by atoms with Crippen molar-refractivity contribution < 1.29 is 22.7 Å². The van der Waals surface area contributed by atoms with E-state index in [9.17, 15) is 18.0 Å². The van der Waals surface area contributed by atoms with Gasteiger partial charge in [-0.15, -0.1) is 13.2 Å². The molecule has 28 heavy (non-hydrogen) atoms. The molecule has 0 aliphatic rings. The number of carbonyl (C=O) groups excluding carboxylic acids is 1. The number of halogens is 3. The molecule has 3 aromatic rings. The predicted octanol–water partition coefficient (Wildman–Crippen LogP) is 4.53. The highest BCUT2D eigenvalue weighted by molar-refractivity contribution is 5.94. The summed E-state index contributed by atoms with van der Waals surface area (Å²) in [5.74, 6) is -0.622. The minimum atomic E-state index is -4.76. The summed E-state index contributed by atoms with van der Waals surface area (Å²) in [7, 11) is 0. The highest BCUT2D eigenvalue weighted by atomic mass is 19.4. The molecule has 144 valence electrons. The van der Waals surface area contributed by atoms with E-state index in [1.165, 1.54) is 24.4 Å². The molecule has 0 aliphatic carbocycles. The van der Waals surface area contributed by atoms with Crippen LogP contribution >= 0.6 is 0 Å². The van der Waals surface area contributed by atoms with Gasteiger partial charge in [-0.3, -0.25) is 14.8 Å². The summed E-state index contributed by atoms with van der Waals surface area (Å²) in [5.41, 5.74) is 1.92. The summed E-state index contributed by atoms with van der Waals surface area (Å²) >= 11 is 0. The summed E-state index contributed by atoms with van der Waals surface area (Å²) in [6.45, 7) is 1.77. The van der Waals surface area contributed by atoms with Gasteiger partial charge in [0, 0.05) is 18.0 Å². The van der Waals surface area contributed by atoms with E-state index < -0.39 is 12.4 Å². The van der Waals surface area contributed by atoms with Gasteiger partial charge in [0.2, 0.25) is 0 Å². The average molecular weight is 387 g/mol. The fourth-order valence-electron chi connectivity index (χ4n) is 2.56. The average Bonchev–Trinajstić information content (AvgIpc) is 2.67. The van der Waals surface area contributed by atoms with Crippen LogP contribution < -0.4 is 10.1 Å². The number of rotatable bonds is 5. The molecule has 1 amide bonds. The van der Waals surface area contributed by atoms with Crippen LogP contribution in [-0.2, 0) is 0 Å². The lowest BCUT2D eigenvalue weighted by molar-refractivity contribution is -0.274. The largest absolute Gasteiger partial charge is 0.573 e. The lowest BCUT2D eigenvalue weighted by Gasteiger charge is -2.15. The van der Waals surface area contributed by atoms with Crippen molar-refractivity contribution in [2.45, 2.75) is 19.3 Å². The maximum absolute atomic E-state index is 12.4. The predicted molar refractivity (Wildman–Crippen MR) is 96.5 cm³/mol. The van der Waals surface area contributed by atoms with E-state index in [0.29, 0.717) is 22.5 Å². The van der Waals surface area contributed by atoms with Crippen LogP contribution in [0, 0.1) is 0 Å². The van der Waals surface area contributed by atoms with Crippen molar-refractivity contribution >= 4 is 5.91 Å². The zero-order valence-electron chi connectivity index (χ0n) is 14.8. The van der Waals surface area contributed by atoms with E-state index in [1.807, 2.05) is 0 Å². The highest BCUT2D eigenvalue weighted by Crippen LogP contribution is 2.27. The van der Waals surface area contributed by atoms with Crippen LogP contribution in [0.3, 0.4) is 0 Å². The van der Waals surface area contributed by atoms with Crippen molar-refractivity contribution in [3.05, 3.63) is 78.2 Å². The van der Waals surface area contributed by atoms with Crippen LogP contribution in [-0.4, -0.2) is 22.2 Å². The topological polar surface area (TPSA) is 64.1 Å². The first kappa shape index (κ1) is 19.3. The number of aromatic nitrogens is 2. The summed E-state index contributed by atoms with van der Waals surface area (Å²) in [6, 6.07) is 13.6. The van der Waals surface area contributed by atoms with Crippen LogP contribution in [0.5, 0.6) is 5.75 Å². The fraction of sp³-hybridized carbons (Fsp3) is 0.150. The molecule has 0 radical (unpaired) electrons. The number of alkyl halides is 3. The van der Waals surface area contributed by atoms with E-state index in [1.54, 1.807) is 49.5 Å². The zero-order chi connectivity index (χ0) is 20.1. The minimum Gasteiger partial charge on any atom is -0.406 e. The highest BCUT2D eigenvalue weighted by Gasteiger charge is 2.31. The zero-order valence-corrected chi connectivity index (χ0v) is 14.8. The molecule has 0 spiro atoms. The molecule has 1 aromatic carbocycles. The molecule has 0 aliphatic heterocycles. The molecular formula is C20H16F3N3O2. The third kappa shape index (κ3) is 5.06. The Hall–Kier alpha value is -3.42. The molecule has 1 unspecified atom stereocenters. The van der Waals surface area contributed by atoms with Gasteiger partial charge < -0.3 is 10.1 Å². The van der Waals surface area contributed by atoms with Gasteiger partial charge in [0.25, 0.3) is 5.91 Å². The van der Waals surface area contributed by atoms with E-state index in [2.05, 4.69) is 20.0 Å². The van der Waals surface area contributed by atoms with Crippen LogP contribution in [0.4, 0.5) is 13.2 Å². The van der Waals surface area contributed by atoms with Crippen molar-refractivity contribution in [3.8, 4) is 17.0 Å². The summed E-state index contributed by atoms with van der Waals surface area (Å²) < 4.78 is 41.2. The van der Waals surface area contributed by atoms with Crippen molar-refractivity contribution in [2.75, 3.05) is 0 Å². The summed E-state index contributed by atoms with van der Waals surface area (Å²) in [6.07, 6.45) is -1.74. The quantitative estimate of drug-likeness (QED) is 0.699. The number of benzene rings is 1. The molecule has 1 N–H and O–H groups in total. The molecule has 1 atom stereocenters. The maximum Gasteiger partial charge on any atom is 0.573 e. The fourth-order valence-corrected chi connectivity index (χ4v) is 2.56. The van der Waals surface area contributed by atoms with Gasteiger partial charge in [0.15, 0.2) is 0 Å². The Morgan fingerprint density at radius 1 is 1.11 bits per heavy atom. The first-order chi connectivity index (χ1) is 13.3. The van der Waals surface area contributed by atoms with Gasteiger partial charge in [-0.25, -0.2) is 0 Å². The van der Waals surface area contributed by atoms with E-state index in [-0.39, 0.29) is 11.7 Å². The number of nitrogens with one attached hydrogen (secondary N) is 1. The smallest absolute Gasteiger partial charge is 0.406 e. The number of ether oxygens (including phenoxy) is 1. The number of carbonyl (C=O) groups is 1. The Labute approximate surface area is 159 Å². The minimum absolute atomic E-state index is 0.298. The van der Waals surface area contributed by atoms with Crippen molar-refractivity contribution in [1.29, 1.82) is 0 Å². The molecule has 3 rings (SSSR count). The number of nitrogens with zero attached hydrogens (tertiary/aromatic N) is 2. The third-order valence-electron chi connectivity index (χ3n) is 3.85. The molecular weight excluding hydrogens is 371 g/mol. The van der Waals surface area contributed by atoms with Crippen LogP contribution in [0.1, 0.15) is 29.0 Å². The molecule has 5 nitrogen and oxygen atoms in total. The lowest BCUT2D eigenvalue weighted by Crippen LogP contribution is -2.27. The van der Waals surface area contributed by atoms with Gasteiger partial charge in [0.05, 0.1) is 23.0 Å². The van der Waals surface area contributed by atoms with Crippen LogP contribution in [0.2, 0.25) is 0 Å². The monoisotopic (exact) mass is 387 g/mol. The van der Waals surface area contributed by atoms with Crippen LogP contribution in [0.25, 0.3) is 11.3 Å². The molecule has 2 aromatic heterocycles. The number of pyridine rings is 2. The molecule has 0 bridgehead atoms.